The van der Waals surface area contributed by atoms with Crippen molar-refractivity contribution in [1.82, 2.24) is 0 Å². The molecule has 0 aromatic rings. The van der Waals surface area contributed by atoms with Crippen molar-refractivity contribution in [3.05, 3.63) is 34.9 Å². The maximum Gasteiger partial charge on any atom is 0.333 e. The zero-order valence-corrected chi connectivity index (χ0v) is 17.2. The monoisotopic (exact) mass is 376 g/mol. The van der Waals surface area contributed by atoms with Crippen LogP contribution in [-0.4, -0.2) is 37.9 Å². The second kappa shape index (κ2) is 9.36. The van der Waals surface area contributed by atoms with E-state index >= 15 is 0 Å². The van der Waals surface area contributed by atoms with Gasteiger partial charge in [0.25, 0.3) is 0 Å². The third kappa shape index (κ3) is 5.80. The highest BCUT2D eigenvalue weighted by Crippen LogP contribution is 2.43. The summed E-state index contributed by atoms with van der Waals surface area (Å²) in [6, 6.07) is 0. The molecule has 1 fully saturated rings. The second-order valence-corrected chi connectivity index (χ2v) is 7.80. The van der Waals surface area contributed by atoms with Crippen molar-refractivity contribution in [2.24, 2.45) is 5.92 Å². The Morgan fingerprint density at radius 3 is 2.37 bits per heavy atom. The van der Waals surface area contributed by atoms with Gasteiger partial charge in [0, 0.05) is 11.1 Å². The summed E-state index contributed by atoms with van der Waals surface area (Å²) in [6.45, 7) is 6.32. The van der Waals surface area contributed by atoms with E-state index in [4.69, 9.17) is 14.2 Å². The van der Waals surface area contributed by atoms with Gasteiger partial charge in [0.15, 0.2) is 0 Å². The molecule has 2 rings (SSSR count). The lowest BCUT2D eigenvalue weighted by Crippen LogP contribution is -2.12. The summed E-state index contributed by atoms with van der Waals surface area (Å²) >= 11 is 0. The van der Waals surface area contributed by atoms with Crippen molar-refractivity contribution in [2.45, 2.75) is 71.0 Å². The number of rotatable bonds is 3. The van der Waals surface area contributed by atoms with Crippen molar-refractivity contribution in [1.29, 1.82) is 0 Å². The smallest absolute Gasteiger partial charge is 0.333 e. The van der Waals surface area contributed by atoms with Crippen molar-refractivity contribution in [3.8, 4) is 0 Å². The number of methoxy groups -OCH3 is 2. The predicted molar refractivity (Wildman–Crippen MR) is 104 cm³/mol. The number of hydrogen-bond donors (Lipinski definition) is 0. The molecule has 1 aliphatic carbocycles. The highest BCUT2D eigenvalue weighted by atomic mass is 16.6. The summed E-state index contributed by atoms with van der Waals surface area (Å²) in [5.74, 6) is -0.240. The molecule has 0 amide bonds. The highest BCUT2D eigenvalue weighted by molar-refractivity contribution is 5.89. The van der Waals surface area contributed by atoms with Crippen LogP contribution < -0.4 is 0 Å². The summed E-state index contributed by atoms with van der Waals surface area (Å²) < 4.78 is 15.8. The Hall–Kier alpha value is -1.88. The molecule has 0 bridgehead atoms. The summed E-state index contributed by atoms with van der Waals surface area (Å²) in [6.07, 6.45) is 10.4. The summed E-state index contributed by atoms with van der Waals surface area (Å²) in [4.78, 5) is 24.3. The van der Waals surface area contributed by atoms with Gasteiger partial charge in [-0.25, -0.2) is 9.59 Å². The van der Waals surface area contributed by atoms with Gasteiger partial charge in [0.2, 0.25) is 0 Å². The lowest BCUT2D eigenvalue weighted by atomic mass is 9.92. The first-order valence-electron chi connectivity index (χ1n) is 9.73. The minimum atomic E-state index is -0.293. The summed E-state index contributed by atoms with van der Waals surface area (Å²) in [7, 11) is 2.83. The van der Waals surface area contributed by atoms with E-state index in [1.54, 1.807) is 0 Å². The van der Waals surface area contributed by atoms with Gasteiger partial charge in [0.1, 0.15) is 0 Å². The third-order valence-corrected chi connectivity index (χ3v) is 5.56. The first kappa shape index (κ1) is 21.4. The van der Waals surface area contributed by atoms with E-state index in [1.807, 2.05) is 18.2 Å². The van der Waals surface area contributed by atoms with E-state index in [1.165, 1.54) is 19.8 Å². The summed E-state index contributed by atoms with van der Waals surface area (Å²) in [5, 5.41) is 0. The van der Waals surface area contributed by atoms with E-state index in [-0.39, 0.29) is 23.6 Å². The Labute approximate surface area is 162 Å². The van der Waals surface area contributed by atoms with Crippen LogP contribution in [0.4, 0.5) is 0 Å². The maximum atomic E-state index is 12.1. The topological polar surface area (TPSA) is 65.1 Å². The Morgan fingerprint density at radius 2 is 1.74 bits per heavy atom. The first-order chi connectivity index (χ1) is 12.8. The van der Waals surface area contributed by atoms with Crippen LogP contribution in [0.3, 0.4) is 0 Å². The van der Waals surface area contributed by atoms with Crippen LogP contribution in [0.15, 0.2) is 34.9 Å². The molecular formula is C22H32O5. The number of ether oxygens (including phenoxy) is 3. The van der Waals surface area contributed by atoms with Crippen molar-refractivity contribution in [2.75, 3.05) is 14.2 Å². The van der Waals surface area contributed by atoms with Crippen LogP contribution in [0.2, 0.25) is 0 Å². The Kier molecular flexibility index (Phi) is 7.42. The van der Waals surface area contributed by atoms with Crippen molar-refractivity contribution in [3.63, 3.8) is 0 Å². The molecule has 0 radical (unpaired) electrons. The van der Waals surface area contributed by atoms with Crippen molar-refractivity contribution >= 4 is 11.9 Å². The molecule has 1 aliphatic heterocycles. The van der Waals surface area contributed by atoms with Crippen LogP contribution >= 0.6 is 0 Å². The molecule has 0 N–H and O–H groups in total. The minimum Gasteiger partial charge on any atom is -0.466 e. The molecule has 1 heterocycles. The lowest BCUT2D eigenvalue weighted by molar-refractivity contribution is -0.137. The van der Waals surface area contributed by atoms with Crippen LogP contribution in [0.5, 0.6) is 0 Å². The number of fused-ring (bicyclic) bond motifs is 1. The first-order valence-corrected chi connectivity index (χ1v) is 9.73. The number of hydrogen-bond acceptors (Lipinski definition) is 5. The number of esters is 2. The predicted octanol–water partition coefficient (Wildman–Crippen LogP) is 4.28. The van der Waals surface area contributed by atoms with E-state index in [0.29, 0.717) is 29.9 Å². The van der Waals surface area contributed by atoms with Gasteiger partial charge in [-0.05, 0) is 51.4 Å². The Morgan fingerprint density at radius 1 is 1.07 bits per heavy atom. The molecule has 0 aromatic heterocycles. The normalized spacial score (nSPS) is 32.5. The summed E-state index contributed by atoms with van der Waals surface area (Å²) in [5.41, 5.74) is 2.38. The van der Waals surface area contributed by atoms with E-state index in [0.717, 1.165) is 25.7 Å². The molecule has 150 valence electrons. The largest absolute Gasteiger partial charge is 0.466 e. The second-order valence-electron chi connectivity index (χ2n) is 7.80. The SMILES string of the molecule is COC(=O)/C1=C/CC[C@@]2(C)O[C@@H]2CC/C(C(=O)OC)=C\C=C(/C(C)C)CC1. The fourth-order valence-corrected chi connectivity index (χ4v) is 3.55. The van der Waals surface area contributed by atoms with Crippen LogP contribution in [0.1, 0.15) is 59.3 Å². The number of carbonyl (C=O) groups is 2. The van der Waals surface area contributed by atoms with Crippen LogP contribution in [-0.2, 0) is 23.8 Å². The van der Waals surface area contributed by atoms with E-state index < -0.39 is 0 Å². The molecule has 5 heteroatoms. The van der Waals surface area contributed by atoms with Gasteiger partial charge >= 0.3 is 11.9 Å². The Bertz CT molecular complexity index is 656. The fraction of sp³-hybridized carbons (Fsp3) is 0.636. The molecule has 0 spiro atoms. The molecule has 2 aliphatic rings. The number of epoxide rings is 1. The van der Waals surface area contributed by atoms with E-state index in [9.17, 15) is 9.59 Å². The van der Waals surface area contributed by atoms with Gasteiger partial charge in [-0.15, -0.1) is 0 Å². The minimum absolute atomic E-state index is 0.136. The lowest BCUT2D eigenvalue weighted by Gasteiger charge is -2.13. The van der Waals surface area contributed by atoms with Gasteiger partial charge in [0.05, 0.1) is 25.9 Å². The quantitative estimate of drug-likeness (QED) is 0.543. The molecule has 5 nitrogen and oxygen atoms in total. The molecule has 1 saturated heterocycles. The average Bonchev–Trinajstić information content (AvgIpc) is 3.30. The zero-order valence-electron chi connectivity index (χ0n) is 17.2. The Balaban J connectivity index is 2.31. The number of carbonyl (C=O) groups excluding carboxylic acids is 2. The average molecular weight is 376 g/mol. The van der Waals surface area contributed by atoms with Gasteiger partial charge in [-0.2, -0.15) is 0 Å². The van der Waals surface area contributed by atoms with Crippen LogP contribution in [0, 0.1) is 5.92 Å². The molecule has 0 aromatic carbocycles. The van der Waals surface area contributed by atoms with Crippen LogP contribution in [0.25, 0.3) is 0 Å². The highest BCUT2D eigenvalue weighted by Gasteiger charge is 2.50. The van der Waals surface area contributed by atoms with Crippen molar-refractivity contribution < 1.29 is 23.8 Å². The zero-order chi connectivity index (χ0) is 20.0. The van der Waals surface area contributed by atoms with Gasteiger partial charge in [-0.3, -0.25) is 0 Å². The molecular weight excluding hydrogens is 344 g/mol. The molecule has 2 atom stereocenters. The van der Waals surface area contributed by atoms with Gasteiger partial charge < -0.3 is 14.2 Å². The number of allylic oxidation sites excluding steroid dienone is 4. The van der Waals surface area contributed by atoms with Gasteiger partial charge in [-0.1, -0.05) is 37.6 Å². The molecule has 0 unspecified atom stereocenters. The fourth-order valence-electron chi connectivity index (χ4n) is 3.55. The third-order valence-electron chi connectivity index (χ3n) is 5.56. The standard InChI is InChI=1S/C22H32O5/c1-15(2)16-8-10-17(20(23)25-4)7-6-14-22(3)19(27-22)13-12-18(11-9-16)21(24)26-5/h7,9,11,15,19H,6,8,10,12-14H2,1-5H3/b16-9-,17-7+,18-11+/t19-,22-/m1/s1. The molecule has 0 saturated carbocycles. The van der Waals surface area contributed by atoms with E-state index in [2.05, 4.69) is 20.8 Å². The molecule has 27 heavy (non-hydrogen) atoms. The maximum absolute atomic E-state index is 12.1.